The minimum absolute atomic E-state index is 0.0803. The minimum atomic E-state index is -0.0870. The topological polar surface area (TPSA) is 36.9 Å². The lowest BCUT2D eigenvalue weighted by Gasteiger charge is -2.29. The van der Waals surface area contributed by atoms with Gasteiger partial charge in [-0.3, -0.25) is 0 Å². The summed E-state index contributed by atoms with van der Waals surface area (Å²) in [6.45, 7) is 41.2. The van der Waals surface area contributed by atoms with Crippen LogP contribution in [0.1, 0.15) is 222 Å². The van der Waals surface area contributed by atoms with Crippen LogP contribution in [0.5, 0.6) is 23.0 Å². The molecule has 4 nitrogen and oxygen atoms in total. The molecule has 1 aliphatic carbocycles. The summed E-state index contributed by atoms with van der Waals surface area (Å²) in [6, 6.07) is 19.5. The number of benzene rings is 4. The van der Waals surface area contributed by atoms with Crippen LogP contribution in [0.4, 0.5) is 0 Å². The normalized spacial score (nSPS) is 13.4. The van der Waals surface area contributed by atoms with E-state index in [0.29, 0.717) is 52.1 Å². The lowest BCUT2D eigenvalue weighted by atomic mass is 9.79. The van der Waals surface area contributed by atoms with Gasteiger partial charge in [-0.25, -0.2) is 0 Å². The lowest BCUT2D eigenvalue weighted by Crippen LogP contribution is -2.18. The molecule has 4 aromatic rings. The van der Waals surface area contributed by atoms with Gasteiger partial charge in [-0.1, -0.05) is 171 Å². The van der Waals surface area contributed by atoms with E-state index in [1.54, 1.807) is 0 Å². The highest BCUT2D eigenvalue weighted by atomic mass is 16.5. The maximum absolute atomic E-state index is 7.18. The van der Waals surface area contributed by atoms with Crippen molar-refractivity contribution in [3.8, 4) is 23.0 Å². The minimum Gasteiger partial charge on any atom is -0.493 e. The molecule has 0 N–H and O–H groups in total. The zero-order valence-electron chi connectivity index (χ0n) is 43.8. The molecule has 0 aromatic heterocycles. The Labute approximate surface area is 397 Å². The van der Waals surface area contributed by atoms with Gasteiger partial charge in [0.2, 0.25) is 0 Å². The largest absolute Gasteiger partial charge is 0.493 e. The highest BCUT2D eigenvalue weighted by molar-refractivity contribution is 5.60. The molecule has 0 saturated carbocycles. The second kappa shape index (κ2) is 22.1. The van der Waals surface area contributed by atoms with Crippen molar-refractivity contribution in [1.82, 2.24) is 0 Å². The van der Waals surface area contributed by atoms with E-state index in [-0.39, 0.29) is 21.7 Å². The van der Waals surface area contributed by atoms with E-state index in [4.69, 9.17) is 18.9 Å². The van der Waals surface area contributed by atoms with Crippen molar-refractivity contribution in [2.45, 2.75) is 203 Å². The van der Waals surface area contributed by atoms with E-state index in [2.05, 4.69) is 159 Å². The van der Waals surface area contributed by atoms with Crippen LogP contribution in [0.15, 0.2) is 61.2 Å². The van der Waals surface area contributed by atoms with Gasteiger partial charge < -0.3 is 18.9 Å². The predicted octanol–water partition coefficient (Wildman–Crippen LogP) is 16.4. The fourth-order valence-corrected chi connectivity index (χ4v) is 8.89. The van der Waals surface area contributed by atoms with Crippen LogP contribution in [-0.4, -0.2) is 26.4 Å². The molecule has 0 saturated heterocycles. The molecule has 0 heterocycles. The summed E-state index contributed by atoms with van der Waals surface area (Å²) in [4.78, 5) is 0. The van der Waals surface area contributed by atoms with Crippen molar-refractivity contribution in [2.24, 2.45) is 0 Å². The van der Waals surface area contributed by atoms with Gasteiger partial charge in [0, 0.05) is 25.7 Å². The average Bonchev–Trinajstić information content (AvgIpc) is 3.21. The molecule has 4 aromatic carbocycles. The van der Waals surface area contributed by atoms with E-state index >= 15 is 0 Å². The second-order valence-electron chi connectivity index (χ2n) is 23.1. The molecule has 1 aliphatic rings. The maximum atomic E-state index is 7.18. The molecule has 0 atom stereocenters. The van der Waals surface area contributed by atoms with E-state index in [9.17, 15) is 0 Å². The Morgan fingerprint density at radius 2 is 0.600 bits per heavy atom. The molecule has 0 radical (unpaired) electrons. The standard InChI is InChI=1S/C61H88O4/c1-17-21-22-23-24-25-29-65-57-48-32-46-38-51(59(8,9)10)36-44(55(46)63-27-19-3)30-42-34-50(58(5,6)7)35-43(54(42)62-26-18-2)31-45-37-52(60(11,12)13)39-47(56(45)64-28-20-4)33-49(57)41-53(40-48)61(14,15)16/h17,34-41H,1,18-33H2,2-16H3. The zero-order valence-corrected chi connectivity index (χ0v) is 43.8. The number of hydrogen-bond donors (Lipinski definition) is 0. The Kier molecular flexibility index (Phi) is 17.6. The van der Waals surface area contributed by atoms with Crippen molar-refractivity contribution < 1.29 is 18.9 Å². The first-order valence-electron chi connectivity index (χ1n) is 25.4. The summed E-state index contributed by atoms with van der Waals surface area (Å²) in [6.07, 6.45) is 13.2. The Balaban J connectivity index is 1.96. The average molecular weight is 885 g/mol. The number of unbranched alkanes of at least 4 members (excludes halogenated alkanes) is 4. The summed E-state index contributed by atoms with van der Waals surface area (Å²) < 4.78 is 28.2. The van der Waals surface area contributed by atoms with Gasteiger partial charge in [-0.15, -0.1) is 6.58 Å². The first-order valence-corrected chi connectivity index (χ1v) is 25.4. The molecule has 8 bridgehead atoms. The fourth-order valence-electron chi connectivity index (χ4n) is 8.89. The highest BCUT2D eigenvalue weighted by Crippen LogP contribution is 2.44. The second-order valence-corrected chi connectivity index (χ2v) is 23.1. The fraction of sp³-hybridized carbons (Fsp3) is 0.574. The van der Waals surface area contributed by atoms with Crippen molar-refractivity contribution in [2.75, 3.05) is 26.4 Å². The van der Waals surface area contributed by atoms with Crippen LogP contribution in [-0.2, 0) is 47.3 Å². The van der Waals surface area contributed by atoms with Gasteiger partial charge in [0.1, 0.15) is 23.0 Å². The number of fused-ring (bicyclic) bond motifs is 8. The van der Waals surface area contributed by atoms with E-state index in [1.807, 2.05) is 6.08 Å². The van der Waals surface area contributed by atoms with Crippen molar-refractivity contribution in [3.05, 3.63) is 128 Å². The SMILES string of the molecule is C=CCCCCCCOc1c2cc(C(C)(C)C)cc1Cc1cc(C(C)(C)C)cc(c1OCCC)Cc1cc(C(C)(C)C)cc(c1OCCC)Cc1cc(C(C)(C)C)cc(c1OCCC)C2. The Bertz CT molecular complexity index is 2090. The summed E-state index contributed by atoms with van der Waals surface area (Å²) in [5.74, 6) is 4.02. The number of hydrogen-bond acceptors (Lipinski definition) is 4. The van der Waals surface area contributed by atoms with Gasteiger partial charge in [0.15, 0.2) is 0 Å². The van der Waals surface area contributed by atoms with E-state index in [0.717, 1.165) is 61.5 Å². The molecule has 0 aliphatic heterocycles. The van der Waals surface area contributed by atoms with Crippen LogP contribution in [0.25, 0.3) is 0 Å². The van der Waals surface area contributed by atoms with Crippen molar-refractivity contribution >= 4 is 0 Å². The summed E-state index contributed by atoms with van der Waals surface area (Å²) in [7, 11) is 0. The first-order chi connectivity index (χ1) is 30.6. The Hall–Kier alpha value is -4.18. The zero-order chi connectivity index (χ0) is 47.7. The molecule has 0 spiro atoms. The highest BCUT2D eigenvalue weighted by Gasteiger charge is 2.29. The van der Waals surface area contributed by atoms with Crippen molar-refractivity contribution in [3.63, 3.8) is 0 Å². The molecule has 0 unspecified atom stereocenters. The molecule has 0 amide bonds. The third-order valence-corrected chi connectivity index (χ3v) is 12.9. The Morgan fingerprint density at radius 3 is 0.815 bits per heavy atom. The van der Waals surface area contributed by atoms with Gasteiger partial charge in [0.05, 0.1) is 26.4 Å². The van der Waals surface area contributed by atoms with Gasteiger partial charge >= 0.3 is 0 Å². The third kappa shape index (κ3) is 13.7. The first kappa shape index (κ1) is 51.8. The van der Waals surface area contributed by atoms with Gasteiger partial charge in [0.25, 0.3) is 0 Å². The molecule has 5 rings (SSSR count). The molecule has 65 heavy (non-hydrogen) atoms. The molecule has 356 valence electrons. The van der Waals surface area contributed by atoms with Crippen molar-refractivity contribution in [1.29, 1.82) is 0 Å². The van der Waals surface area contributed by atoms with E-state index in [1.165, 1.54) is 79.6 Å². The molecular formula is C61H88O4. The van der Waals surface area contributed by atoms with Crippen LogP contribution >= 0.6 is 0 Å². The predicted molar refractivity (Wildman–Crippen MR) is 278 cm³/mol. The monoisotopic (exact) mass is 885 g/mol. The Morgan fingerprint density at radius 1 is 0.369 bits per heavy atom. The maximum Gasteiger partial charge on any atom is 0.126 e. The molecular weight excluding hydrogens is 797 g/mol. The number of rotatable bonds is 17. The summed E-state index contributed by atoms with van der Waals surface area (Å²) in [5.41, 5.74) is 14.6. The van der Waals surface area contributed by atoms with Gasteiger partial charge in [-0.05, 0) is 127 Å². The van der Waals surface area contributed by atoms with Gasteiger partial charge in [-0.2, -0.15) is 0 Å². The quantitative estimate of drug-likeness (QED) is 0.0689. The number of allylic oxidation sites excluding steroid dienone is 1. The summed E-state index contributed by atoms with van der Waals surface area (Å²) >= 11 is 0. The van der Waals surface area contributed by atoms with Crippen LogP contribution < -0.4 is 18.9 Å². The molecule has 0 fully saturated rings. The molecule has 4 heteroatoms. The van der Waals surface area contributed by atoms with E-state index < -0.39 is 0 Å². The lowest BCUT2D eigenvalue weighted by molar-refractivity contribution is 0.297. The smallest absolute Gasteiger partial charge is 0.126 e. The third-order valence-electron chi connectivity index (χ3n) is 12.9. The van der Waals surface area contributed by atoms with Crippen LogP contribution in [0.2, 0.25) is 0 Å². The number of ether oxygens (including phenoxy) is 4. The van der Waals surface area contributed by atoms with Crippen LogP contribution in [0.3, 0.4) is 0 Å². The summed E-state index contributed by atoms with van der Waals surface area (Å²) in [5, 5.41) is 0. The van der Waals surface area contributed by atoms with Crippen LogP contribution in [0, 0.1) is 0 Å².